The highest BCUT2D eigenvalue weighted by atomic mass is 16.4. The lowest BCUT2D eigenvalue weighted by Crippen LogP contribution is -2.38. The Labute approximate surface area is 121 Å². The molecule has 1 unspecified atom stereocenters. The molecule has 21 heavy (non-hydrogen) atoms. The highest BCUT2D eigenvalue weighted by Gasteiger charge is 2.26. The van der Waals surface area contributed by atoms with Crippen LogP contribution in [-0.4, -0.2) is 47.0 Å². The molecule has 1 atom stereocenters. The number of carboxylic acid groups (broad SMARTS) is 1. The van der Waals surface area contributed by atoms with E-state index in [0.717, 1.165) is 0 Å². The molecule has 1 aromatic carbocycles. The van der Waals surface area contributed by atoms with Crippen LogP contribution < -0.4 is 10.6 Å². The fourth-order valence-corrected chi connectivity index (χ4v) is 2.28. The van der Waals surface area contributed by atoms with Gasteiger partial charge in [0.1, 0.15) is 0 Å². The van der Waals surface area contributed by atoms with E-state index in [1.54, 1.807) is 17.0 Å². The van der Waals surface area contributed by atoms with Crippen molar-refractivity contribution in [3.05, 3.63) is 29.8 Å². The summed E-state index contributed by atoms with van der Waals surface area (Å²) in [6.07, 6.45) is 0.710. The number of anilines is 1. The maximum Gasteiger partial charge on any atom is 0.335 e. The predicted molar refractivity (Wildman–Crippen MR) is 76.2 cm³/mol. The topological polar surface area (TPSA) is 98.7 Å². The van der Waals surface area contributed by atoms with Gasteiger partial charge in [-0.3, -0.25) is 4.79 Å². The number of nitrogens with zero attached hydrogens (tertiary/aromatic N) is 1. The van der Waals surface area contributed by atoms with E-state index in [-0.39, 0.29) is 23.5 Å². The minimum Gasteiger partial charge on any atom is -0.478 e. The van der Waals surface area contributed by atoms with E-state index in [1.165, 1.54) is 19.1 Å². The van der Waals surface area contributed by atoms with Crippen molar-refractivity contribution < 1.29 is 19.5 Å². The first-order valence-corrected chi connectivity index (χ1v) is 6.62. The summed E-state index contributed by atoms with van der Waals surface area (Å²) in [4.78, 5) is 35.5. The molecule has 1 aromatic rings. The number of urea groups is 1. The normalized spacial score (nSPS) is 17.4. The van der Waals surface area contributed by atoms with Crippen LogP contribution in [0.2, 0.25) is 0 Å². The molecule has 0 radical (unpaired) electrons. The van der Waals surface area contributed by atoms with Gasteiger partial charge in [-0.05, 0) is 24.6 Å². The van der Waals surface area contributed by atoms with E-state index in [0.29, 0.717) is 25.2 Å². The first kappa shape index (κ1) is 14.8. The number of nitrogens with one attached hydrogen (secondary N) is 2. The third-order valence-corrected chi connectivity index (χ3v) is 3.24. The molecule has 3 amide bonds. The summed E-state index contributed by atoms with van der Waals surface area (Å²) in [6, 6.07) is 5.74. The molecule has 7 heteroatoms. The number of hydrogen-bond donors (Lipinski definition) is 3. The Morgan fingerprint density at radius 3 is 2.76 bits per heavy atom. The summed E-state index contributed by atoms with van der Waals surface area (Å²) in [7, 11) is 0. The summed E-state index contributed by atoms with van der Waals surface area (Å²) in [5.41, 5.74) is 0.549. The summed E-state index contributed by atoms with van der Waals surface area (Å²) in [6.45, 7) is 2.44. The highest BCUT2D eigenvalue weighted by Crippen LogP contribution is 2.14. The highest BCUT2D eigenvalue weighted by molar-refractivity contribution is 5.93. The van der Waals surface area contributed by atoms with Gasteiger partial charge in [-0.25, -0.2) is 9.59 Å². The smallest absolute Gasteiger partial charge is 0.335 e. The summed E-state index contributed by atoms with van der Waals surface area (Å²) >= 11 is 0. The summed E-state index contributed by atoms with van der Waals surface area (Å²) in [5.74, 6) is -1.16. The molecular weight excluding hydrogens is 274 g/mol. The molecule has 3 N–H and O–H groups in total. The lowest BCUT2D eigenvalue weighted by molar-refractivity contribution is -0.119. The molecule has 0 bridgehead atoms. The summed E-state index contributed by atoms with van der Waals surface area (Å²) < 4.78 is 0. The van der Waals surface area contributed by atoms with Crippen molar-refractivity contribution in [1.29, 1.82) is 0 Å². The molecule has 7 nitrogen and oxygen atoms in total. The van der Waals surface area contributed by atoms with Crippen LogP contribution in [-0.2, 0) is 4.79 Å². The molecule has 1 fully saturated rings. The molecule has 1 heterocycles. The number of hydrogen-bond acceptors (Lipinski definition) is 3. The molecule has 1 aliphatic rings. The number of benzene rings is 1. The Hall–Kier alpha value is -2.57. The second-order valence-corrected chi connectivity index (χ2v) is 4.95. The van der Waals surface area contributed by atoms with Gasteiger partial charge in [0.15, 0.2) is 0 Å². The Morgan fingerprint density at radius 1 is 1.33 bits per heavy atom. The number of likely N-dealkylation sites (tertiary alicyclic amines) is 1. The number of carboxylic acids is 1. The second kappa shape index (κ2) is 6.25. The van der Waals surface area contributed by atoms with Crippen molar-refractivity contribution in [2.24, 2.45) is 0 Å². The number of aromatic carboxylic acids is 1. The van der Waals surface area contributed by atoms with Gasteiger partial charge >= 0.3 is 12.0 Å². The van der Waals surface area contributed by atoms with Crippen molar-refractivity contribution in [1.82, 2.24) is 10.2 Å². The fraction of sp³-hybridized carbons (Fsp3) is 0.357. The van der Waals surface area contributed by atoms with Crippen LogP contribution in [0.4, 0.5) is 10.5 Å². The maximum atomic E-state index is 12.1. The van der Waals surface area contributed by atoms with E-state index >= 15 is 0 Å². The number of amides is 3. The molecule has 0 aliphatic carbocycles. The van der Waals surface area contributed by atoms with Crippen molar-refractivity contribution in [2.45, 2.75) is 19.4 Å². The van der Waals surface area contributed by atoms with Crippen molar-refractivity contribution in [3.8, 4) is 0 Å². The Morgan fingerprint density at radius 2 is 2.10 bits per heavy atom. The average Bonchev–Trinajstić information content (AvgIpc) is 2.86. The van der Waals surface area contributed by atoms with Crippen LogP contribution in [0, 0.1) is 0 Å². The van der Waals surface area contributed by atoms with Crippen LogP contribution in [0.1, 0.15) is 23.7 Å². The van der Waals surface area contributed by atoms with Gasteiger partial charge in [0, 0.05) is 31.7 Å². The molecule has 1 aliphatic heterocycles. The Balaban J connectivity index is 1.94. The SMILES string of the molecule is CC(=O)NC1CCN(C(=O)Nc2cccc(C(=O)O)c2)C1. The summed E-state index contributed by atoms with van der Waals surface area (Å²) in [5, 5.41) is 14.4. The Bertz CT molecular complexity index is 573. The van der Waals surface area contributed by atoms with Gasteiger partial charge in [0.25, 0.3) is 0 Å². The van der Waals surface area contributed by atoms with E-state index in [1.807, 2.05) is 0 Å². The quantitative estimate of drug-likeness (QED) is 0.777. The van der Waals surface area contributed by atoms with Crippen LogP contribution >= 0.6 is 0 Å². The third-order valence-electron chi connectivity index (χ3n) is 3.24. The Kier molecular flexibility index (Phi) is 4.42. The first-order valence-electron chi connectivity index (χ1n) is 6.62. The van der Waals surface area contributed by atoms with Gasteiger partial charge in [0.2, 0.25) is 5.91 Å². The van der Waals surface area contributed by atoms with E-state index in [4.69, 9.17) is 5.11 Å². The maximum absolute atomic E-state index is 12.1. The van der Waals surface area contributed by atoms with E-state index in [9.17, 15) is 14.4 Å². The molecule has 0 spiro atoms. The fourth-order valence-electron chi connectivity index (χ4n) is 2.28. The van der Waals surface area contributed by atoms with Gasteiger partial charge in [-0.15, -0.1) is 0 Å². The average molecular weight is 291 g/mol. The predicted octanol–water partition coefficient (Wildman–Crippen LogP) is 1.13. The van der Waals surface area contributed by atoms with Gasteiger partial charge < -0.3 is 20.6 Å². The van der Waals surface area contributed by atoms with Crippen LogP contribution in [0.5, 0.6) is 0 Å². The van der Waals surface area contributed by atoms with Gasteiger partial charge in [-0.2, -0.15) is 0 Å². The van der Waals surface area contributed by atoms with Gasteiger partial charge in [0.05, 0.1) is 5.56 Å². The van der Waals surface area contributed by atoms with Crippen LogP contribution in [0.15, 0.2) is 24.3 Å². The van der Waals surface area contributed by atoms with Crippen molar-refractivity contribution in [2.75, 3.05) is 18.4 Å². The lowest BCUT2D eigenvalue weighted by Gasteiger charge is -2.17. The molecule has 0 saturated carbocycles. The monoisotopic (exact) mass is 291 g/mol. The van der Waals surface area contributed by atoms with Crippen LogP contribution in [0.25, 0.3) is 0 Å². The lowest BCUT2D eigenvalue weighted by atomic mass is 10.2. The van der Waals surface area contributed by atoms with E-state index in [2.05, 4.69) is 10.6 Å². The zero-order valence-corrected chi connectivity index (χ0v) is 11.6. The number of carbonyl (C=O) groups excluding carboxylic acids is 2. The molecule has 0 aromatic heterocycles. The molecule has 2 rings (SSSR count). The minimum atomic E-state index is -1.04. The second-order valence-electron chi connectivity index (χ2n) is 4.95. The minimum absolute atomic E-state index is 0.0291. The number of rotatable bonds is 3. The van der Waals surface area contributed by atoms with Crippen molar-refractivity contribution in [3.63, 3.8) is 0 Å². The van der Waals surface area contributed by atoms with Crippen molar-refractivity contribution >= 4 is 23.6 Å². The number of carbonyl (C=O) groups is 3. The largest absolute Gasteiger partial charge is 0.478 e. The zero-order chi connectivity index (χ0) is 15.4. The standard InChI is InChI=1S/C14H17N3O4/c1-9(18)15-12-5-6-17(8-12)14(21)16-11-4-2-3-10(7-11)13(19)20/h2-4,7,12H,5-6,8H2,1H3,(H,15,18)(H,16,21)(H,19,20). The van der Waals surface area contributed by atoms with Gasteiger partial charge in [-0.1, -0.05) is 6.07 Å². The van der Waals surface area contributed by atoms with Crippen LogP contribution in [0.3, 0.4) is 0 Å². The zero-order valence-electron chi connectivity index (χ0n) is 11.6. The first-order chi connectivity index (χ1) is 9.95. The van der Waals surface area contributed by atoms with E-state index < -0.39 is 5.97 Å². The molecular formula is C14H17N3O4. The molecule has 112 valence electrons. The molecule has 1 saturated heterocycles. The third kappa shape index (κ3) is 3.95.